The molecule has 0 aromatic rings. The van der Waals surface area contributed by atoms with Crippen LogP contribution < -0.4 is 10.7 Å². The zero-order chi connectivity index (χ0) is 16.5. The van der Waals surface area contributed by atoms with E-state index in [1.54, 1.807) is 7.05 Å². The zero-order valence-corrected chi connectivity index (χ0v) is 14.9. The third-order valence-electron chi connectivity index (χ3n) is 3.28. The van der Waals surface area contributed by atoms with E-state index in [1.807, 2.05) is 20.8 Å². The molecule has 1 amide bonds. The number of hydrogen-bond acceptors (Lipinski definition) is 4. The molecule has 2 N–H and O–H groups in total. The Balaban J connectivity index is 3.90. The van der Waals surface area contributed by atoms with Crippen molar-refractivity contribution < 1.29 is 9.53 Å². The van der Waals surface area contributed by atoms with E-state index in [0.29, 0.717) is 23.6 Å². The number of amides is 1. The van der Waals surface area contributed by atoms with Gasteiger partial charge in [0.05, 0.1) is 0 Å². The van der Waals surface area contributed by atoms with Gasteiger partial charge in [0.15, 0.2) is 0 Å². The minimum Gasteiger partial charge on any atom is -0.444 e. The summed E-state index contributed by atoms with van der Waals surface area (Å²) in [5.74, 6) is 1.02. The van der Waals surface area contributed by atoms with Gasteiger partial charge < -0.3 is 15.5 Å². The summed E-state index contributed by atoms with van der Waals surface area (Å²) >= 11 is 5.95. The fourth-order valence-electron chi connectivity index (χ4n) is 1.81. The highest BCUT2D eigenvalue weighted by Gasteiger charge is 2.17. The number of ether oxygens (including phenoxy) is 1. The van der Waals surface area contributed by atoms with Crippen LogP contribution in [0, 0.1) is 11.8 Å². The highest BCUT2D eigenvalue weighted by atomic mass is 35.5. The highest BCUT2D eigenvalue weighted by Crippen LogP contribution is 2.20. The molecule has 1 unspecified atom stereocenters. The Labute approximate surface area is 133 Å². The number of carbonyl (C=O) groups is 1. The average Bonchev–Trinajstić information content (AvgIpc) is 2.33. The van der Waals surface area contributed by atoms with Gasteiger partial charge in [0.25, 0.3) is 0 Å². The molecule has 0 fully saturated rings. The van der Waals surface area contributed by atoms with E-state index in [9.17, 15) is 4.79 Å². The number of halogens is 1. The van der Waals surface area contributed by atoms with Crippen LogP contribution in [-0.2, 0) is 4.74 Å². The van der Waals surface area contributed by atoms with Crippen molar-refractivity contribution in [1.29, 1.82) is 0 Å². The van der Waals surface area contributed by atoms with E-state index >= 15 is 0 Å². The molecule has 6 heteroatoms. The number of rotatable bonds is 8. The second-order valence-electron chi connectivity index (χ2n) is 6.42. The Morgan fingerprint density at radius 3 is 2.33 bits per heavy atom. The van der Waals surface area contributed by atoms with E-state index in [1.165, 1.54) is 0 Å². The quantitative estimate of drug-likeness (QED) is 0.529. The van der Waals surface area contributed by atoms with E-state index in [0.717, 1.165) is 19.3 Å². The molecular weight excluding hydrogens is 290 g/mol. The third-order valence-corrected chi connectivity index (χ3v) is 3.55. The van der Waals surface area contributed by atoms with Crippen LogP contribution in [0.4, 0.5) is 4.79 Å². The summed E-state index contributed by atoms with van der Waals surface area (Å²) in [6.45, 7) is 10.6. The predicted molar refractivity (Wildman–Crippen MR) is 88.8 cm³/mol. The molecule has 0 aromatic carbocycles. The normalized spacial score (nSPS) is 15.3. The summed E-state index contributed by atoms with van der Waals surface area (Å²) in [5.41, 5.74) is 2.23. The summed E-state index contributed by atoms with van der Waals surface area (Å²) < 4.78 is 5.20. The second kappa shape index (κ2) is 9.87. The lowest BCUT2D eigenvalue weighted by molar-refractivity contribution is 0.0524. The minimum atomic E-state index is -0.452. The molecule has 0 radical (unpaired) electrons. The van der Waals surface area contributed by atoms with Gasteiger partial charge in [0.2, 0.25) is 0 Å². The summed E-state index contributed by atoms with van der Waals surface area (Å²) in [6.07, 6.45) is 2.32. The van der Waals surface area contributed by atoms with Crippen molar-refractivity contribution in [2.24, 2.45) is 16.9 Å². The molecule has 0 saturated carbocycles. The van der Waals surface area contributed by atoms with E-state index in [2.05, 4.69) is 29.7 Å². The van der Waals surface area contributed by atoms with Gasteiger partial charge in [0, 0.05) is 20.0 Å². The number of nitrogens with zero attached hydrogens (tertiary/aromatic N) is 1. The van der Waals surface area contributed by atoms with Crippen LogP contribution >= 0.6 is 11.6 Å². The smallest absolute Gasteiger partial charge is 0.407 e. The molecule has 0 aromatic heterocycles. The molecule has 0 saturated heterocycles. The van der Waals surface area contributed by atoms with Crippen LogP contribution in [0.5, 0.6) is 0 Å². The van der Waals surface area contributed by atoms with Gasteiger partial charge in [-0.2, -0.15) is 5.10 Å². The largest absolute Gasteiger partial charge is 0.444 e. The van der Waals surface area contributed by atoms with Gasteiger partial charge in [-0.25, -0.2) is 4.79 Å². The Morgan fingerprint density at radius 1 is 1.24 bits per heavy atom. The van der Waals surface area contributed by atoms with E-state index in [4.69, 9.17) is 16.3 Å². The molecule has 0 heterocycles. The maximum Gasteiger partial charge on any atom is 0.407 e. The molecule has 0 bridgehead atoms. The Kier molecular flexibility index (Phi) is 9.42. The summed E-state index contributed by atoms with van der Waals surface area (Å²) in [7, 11) is 1.73. The van der Waals surface area contributed by atoms with Gasteiger partial charge in [-0.05, 0) is 45.4 Å². The molecular formula is C15H30ClN3O2. The number of carbonyl (C=O) groups excluding carboxylic acids is 1. The van der Waals surface area contributed by atoms with Gasteiger partial charge in [-0.1, -0.05) is 25.4 Å². The first kappa shape index (κ1) is 20.0. The van der Waals surface area contributed by atoms with Gasteiger partial charge in [-0.3, -0.25) is 0 Å². The van der Waals surface area contributed by atoms with Crippen molar-refractivity contribution in [3.05, 3.63) is 0 Å². The maximum atomic E-state index is 11.5. The fraction of sp³-hybridized carbons (Fsp3) is 0.867. The van der Waals surface area contributed by atoms with Crippen LogP contribution in [0.1, 0.15) is 53.9 Å². The van der Waals surface area contributed by atoms with Crippen molar-refractivity contribution in [3.8, 4) is 0 Å². The number of nitrogens with one attached hydrogen (secondary N) is 2. The zero-order valence-electron chi connectivity index (χ0n) is 14.1. The van der Waals surface area contributed by atoms with Crippen LogP contribution in [0.25, 0.3) is 0 Å². The van der Waals surface area contributed by atoms with Crippen LogP contribution in [0.3, 0.4) is 0 Å². The lowest BCUT2D eigenvalue weighted by Gasteiger charge is -2.22. The third kappa shape index (κ3) is 11.4. The van der Waals surface area contributed by atoms with Crippen LogP contribution in [0.15, 0.2) is 5.10 Å². The molecule has 0 aliphatic heterocycles. The number of hydrogen-bond donors (Lipinski definition) is 2. The first-order chi connectivity index (χ1) is 9.65. The average molecular weight is 320 g/mol. The molecule has 2 atom stereocenters. The number of alkyl carbamates (subject to hydrolysis) is 1. The minimum absolute atomic E-state index is 0.355. The fourth-order valence-corrected chi connectivity index (χ4v) is 2.00. The van der Waals surface area contributed by atoms with Crippen molar-refractivity contribution >= 4 is 22.9 Å². The van der Waals surface area contributed by atoms with Gasteiger partial charge in [0.1, 0.15) is 10.8 Å². The Hall–Kier alpha value is -0.970. The monoisotopic (exact) mass is 319 g/mol. The summed E-state index contributed by atoms with van der Waals surface area (Å²) in [6, 6.07) is 0. The Bertz CT molecular complexity index is 340. The first-order valence-electron chi connectivity index (χ1n) is 7.51. The summed E-state index contributed by atoms with van der Waals surface area (Å²) in [5, 5.41) is 7.32. The molecule has 5 nitrogen and oxygen atoms in total. The topological polar surface area (TPSA) is 62.7 Å². The SMILES string of the molecule is CN/N=C(/Cl)CC[C@H](C)C(C)CCNC(=O)OC(C)(C)C. The van der Waals surface area contributed by atoms with Crippen molar-refractivity contribution in [1.82, 2.24) is 10.7 Å². The van der Waals surface area contributed by atoms with Crippen LogP contribution in [-0.4, -0.2) is 30.5 Å². The van der Waals surface area contributed by atoms with Crippen molar-refractivity contribution in [2.45, 2.75) is 59.5 Å². The van der Waals surface area contributed by atoms with Crippen molar-refractivity contribution in [3.63, 3.8) is 0 Å². The van der Waals surface area contributed by atoms with Crippen LogP contribution in [0.2, 0.25) is 0 Å². The van der Waals surface area contributed by atoms with Crippen molar-refractivity contribution in [2.75, 3.05) is 13.6 Å². The highest BCUT2D eigenvalue weighted by molar-refractivity contribution is 6.65. The molecule has 0 aliphatic carbocycles. The lowest BCUT2D eigenvalue weighted by atomic mass is 9.89. The molecule has 0 spiro atoms. The number of hydrazone groups is 1. The van der Waals surface area contributed by atoms with Gasteiger partial charge in [-0.15, -0.1) is 0 Å². The van der Waals surface area contributed by atoms with E-state index in [-0.39, 0.29) is 6.09 Å². The lowest BCUT2D eigenvalue weighted by Crippen LogP contribution is -2.33. The van der Waals surface area contributed by atoms with Gasteiger partial charge >= 0.3 is 6.09 Å². The summed E-state index contributed by atoms with van der Waals surface area (Å²) in [4.78, 5) is 11.5. The molecule has 124 valence electrons. The molecule has 0 aliphatic rings. The maximum absolute atomic E-state index is 11.5. The predicted octanol–water partition coefficient (Wildman–Crippen LogP) is 3.73. The second-order valence-corrected chi connectivity index (χ2v) is 6.86. The Morgan fingerprint density at radius 2 is 1.81 bits per heavy atom. The molecule has 21 heavy (non-hydrogen) atoms. The standard InChI is InChI=1S/C15H30ClN3O2/c1-11(7-8-13(16)19-17-6)12(2)9-10-18-14(20)21-15(3,4)5/h11-12,17H,7-10H2,1-6H3,(H,18,20)/b19-13+/t11-,12?/m0/s1. The first-order valence-corrected chi connectivity index (χ1v) is 7.89. The molecule has 0 rings (SSSR count). The van der Waals surface area contributed by atoms with E-state index < -0.39 is 5.60 Å².